The van der Waals surface area contributed by atoms with Crippen LogP contribution in [0.4, 0.5) is 0 Å². The second-order valence-corrected chi connectivity index (χ2v) is 5.61. The number of para-hydroxylation sites is 1. The lowest BCUT2D eigenvalue weighted by atomic mass is 10.1. The van der Waals surface area contributed by atoms with Crippen molar-refractivity contribution < 1.29 is 14.3 Å². The van der Waals surface area contributed by atoms with Crippen molar-refractivity contribution in [3.63, 3.8) is 0 Å². The Morgan fingerprint density at radius 2 is 1.92 bits per heavy atom. The molecule has 0 aromatic heterocycles. The van der Waals surface area contributed by atoms with E-state index in [0.29, 0.717) is 22.9 Å². The molecule has 0 aliphatic carbocycles. The standard InChI is InChI=1S/C19H16ClNO3/c1-2-11-23-17-10-6-3-7-13(17)12-16-19(22)24-18(21-16)14-8-4-5-9-15(14)20/h3-10,12H,2,11H2,1H3/b16-12+. The first kappa shape index (κ1) is 16.3. The molecule has 0 fully saturated rings. The van der Waals surface area contributed by atoms with Crippen molar-refractivity contribution >= 4 is 29.5 Å². The van der Waals surface area contributed by atoms with Crippen molar-refractivity contribution in [3.05, 3.63) is 70.4 Å². The molecular weight excluding hydrogens is 326 g/mol. The lowest BCUT2D eigenvalue weighted by Crippen LogP contribution is -2.05. The van der Waals surface area contributed by atoms with Gasteiger partial charge in [0.1, 0.15) is 5.75 Å². The molecule has 122 valence electrons. The Hall–Kier alpha value is -2.59. The van der Waals surface area contributed by atoms with E-state index in [0.717, 1.165) is 12.0 Å². The fraction of sp³-hybridized carbons (Fsp3) is 0.158. The number of hydrogen-bond acceptors (Lipinski definition) is 4. The van der Waals surface area contributed by atoms with Gasteiger partial charge < -0.3 is 9.47 Å². The van der Waals surface area contributed by atoms with Crippen LogP contribution in [0.1, 0.15) is 24.5 Å². The number of benzene rings is 2. The summed E-state index contributed by atoms with van der Waals surface area (Å²) in [5.74, 6) is 0.417. The highest BCUT2D eigenvalue weighted by molar-refractivity contribution is 6.34. The minimum absolute atomic E-state index is 0.212. The molecule has 5 heteroatoms. The van der Waals surface area contributed by atoms with Crippen LogP contribution in [0.25, 0.3) is 6.08 Å². The third kappa shape index (κ3) is 3.49. The third-order valence-electron chi connectivity index (χ3n) is 3.40. The van der Waals surface area contributed by atoms with Crippen LogP contribution >= 0.6 is 11.6 Å². The lowest BCUT2D eigenvalue weighted by molar-refractivity contribution is -0.129. The summed E-state index contributed by atoms with van der Waals surface area (Å²) in [6.07, 6.45) is 2.57. The van der Waals surface area contributed by atoms with Crippen LogP contribution in [0.5, 0.6) is 5.75 Å². The van der Waals surface area contributed by atoms with Gasteiger partial charge in [-0.15, -0.1) is 0 Å². The van der Waals surface area contributed by atoms with Crippen LogP contribution in [0.15, 0.2) is 59.2 Å². The van der Waals surface area contributed by atoms with Crippen molar-refractivity contribution in [2.45, 2.75) is 13.3 Å². The number of esters is 1. The summed E-state index contributed by atoms with van der Waals surface area (Å²) in [6.45, 7) is 2.65. The zero-order chi connectivity index (χ0) is 16.9. The molecule has 24 heavy (non-hydrogen) atoms. The highest BCUT2D eigenvalue weighted by Crippen LogP contribution is 2.26. The number of halogens is 1. The average molecular weight is 342 g/mol. The van der Waals surface area contributed by atoms with Crippen LogP contribution in [0.2, 0.25) is 5.02 Å². The summed E-state index contributed by atoms with van der Waals surface area (Å²) < 4.78 is 10.9. The molecule has 2 aromatic carbocycles. The number of cyclic esters (lactones) is 1. The van der Waals surface area contributed by atoms with Gasteiger partial charge in [0.15, 0.2) is 5.70 Å². The number of ether oxygens (including phenoxy) is 2. The first-order valence-electron chi connectivity index (χ1n) is 7.68. The summed E-state index contributed by atoms with van der Waals surface area (Å²) in [5.41, 5.74) is 1.59. The van der Waals surface area contributed by atoms with E-state index >= 15 is 0 Å². The van der Waals surface area contributed by atoms with Gasteiger partial charge in [0.25, 0.3) is 0 Å². The van der Waals surface area contributed by atoms with E-state index in [4.69, 9.17) is 21.1 Å². The monoisotopic (exact) mass is 341 g/mol. The fourth-order valence-corrected chi connectivity index (χ4v) is 2.47. The summed E-state index contributed by atoms with van der Waals surface area (Å²) >= 11 is 6.13. The Bertz CT molecular complexity index is 827. The lowest BCUT2D eigenvalue weighted by Gasteiger charge is -2.07. The molecule has 0 atom stereocenters. The molecule has 0 spiro atoms. The Balaban J connectivity index is 1.94. The van der Waals surface area contributed by atoms with Gasteiger partial charge in [-0.3, -0.25) is 0 Å². The maximum atomic E-state index is 12.1. The van der Waals surface area contributed by atoms with Gasteiger partial charge in [-0.1, -0.05) is 48.9 Å². The largest absolute Gasteiger partial charge is 0.493 e. The number of rotatable bonds is 5. The average Bonchev–Trinajstić information content (AvgIpc) is 2.95. The van der Waals surface area contributed by atoms with Crippen LogP contribution in [0.3, 0.4) is 0 Å². The molecule has 3 rings (SSSR count). The predicted octanol–water partition coefficient (Wildman–Crippen LogP) is 4.47. The summed E-state index contributed by atoms with van der Waals surface area (Å²) in [7, 11) is 0. The molecule has 0 bridgehead atoms. The Kier molecular flexibility index (Phi) is 4.96. The summed E-state index contributed by atoms with van der Waals surface area (Å²) in [5, 5.41) is 0.483. The Morgan fingerprint density at radius 3 is 2.71 bits per heavy atom. The highest BCUT2D eigenvalue weighted by atomic mass is 35.5. The molecule has 1 aliphatic rings. The molecule has 0 radical (unpaired) electrons. The van der Waals surface area contributed by atoms with Crippen LogP contribution < -0.4 is 4.74 Å². The minimum atomic E-state index is -0.504. The second kappa shape index (κ2) is 7.32. The second-order valence-electron chi connectivity index (χ2n) is 5.20. The highest BCUT2D eigenvalue weighted by Gasteiger charge is 2.25. The molecule has 0 N–H and O–H groups in total. The third-order valence-corrected chi connectivity index (χ3v) is 3.73. The number of hydrogen-bond donors (Lipinski definition) is 0. The van der Waals surface area contributed by atoms with Crippen molar-refractivity contribution in [2.24, 2.45) is 4.99 Å². The summed E-state index contributed by atoms with van der Waals surface area (Å²) in [6, 6.07) is 14.6. The molecule has 2 aromatic rings. The van der Waals surface area contributed by atoms with E-state index in [-0.39, 0.29) is 11.6 Å². The number of carbonyl (C=O) groups excluding carboxylic acids is 1. The first-order valence-corrected chi connectivity index (χ1v) is 8.06. The predicted molar refractivity (Wildman–Crippen MR) is 94.3 cm³/mol. The van der Waals surface area contributed by atoms with Crippen LogP contribution in [-0.4, -0.2) is 18.5 Å². The topological polar surface area (TPSA) is 47.9 Å². The minimum Gasteiger partial charge on any atom is -0.493 e. The maximum Gasteiger partial charge on any atom is 0.363 e. The van der Waals surface area contributed by atoms with Gasteiger partial charge in [0.2, 0.25) is 5.90 Å². The van der Waals surface area contributed by atoms with E-state index in [1.54, 1.807) is 24.3 Å². The molecule has 0 saturated heterocycles. The Morgan fingerprint density at radius 1 is 1.17 bits per heavy atom. The van der Waals surface area contributed by atoms with Gasteiger partial charge in [-0.25, -0.2) is 9.79 Å². The number of carbonyl (C=O) groups is 1. The zero-order valence-corrected chi connectivity index (χ0v) is 13.9. The quantitative estimate of drug-likeness (QED) is 0.595. The van der Waals surface area contributed by atoms with Crippen LogP contribution in [-0.2, 0) is 9.53 Å². The number of aliphatic imine (C=N–C) groups is 1. The van der Waals surface area contributed by atoms with Crippen molar-refractivity contribution in [3.8, 4) is 5.75 Å². The van der Waals surface area contributed by atoms with Gasteiger partial charge >= 0.3 is 5.97 Å². The maximum absolute atomic E-state index is 12.1. The Labute approximate surface area is 145 Å². The fourth-order valence-electron chi connectivity index (χ4n) is 2.25. The van der Waals surface area contributed by atoms with E-state index in [1.165, 1.54) is 0 Å². The molecule has 4 nitrogen and oxygen atoms in total. The van der Waals surface area contributed by atoms with E-state index < -0.39 is 5.97 Å². The normalized spacial score (nSPS) is 15.3. The van der Waals surface area contributed by atoms with E-state index in [2.05, 4.69) is 4.99 Å². The molecule has 0 unspecified atom stereocenters. The zero-order valence-electron chi connectivity index (χ0n) is 13.2. The molecule has 0 amide bonds. The summed E-state index contributed by atoms with van der Waals surface area (Å²) in [4.78, 5) is 16.4. The molecule has 0 saturated carbocycles. The first-order chi connectivity index (χ1) is 11.7. The molecule has 1 heterocycles. The van der Waals surface area contributed by atoms with Gasteiger partial charge in [-0.05, 0) is 30.7 Å². The van der Waals surface area contributed by atoms with Crippen molar-refractivity contribution in [2.75, 3.05) is 6.61 Å². The van der Waals surface area contributed by atoms with E-state index in [9.17, 15) is 4.79 Å². The van der Waals surface area contributed by atoms with Gasteiger partial charge in [-0.2, -0.15) is 0 Å². The molecular formula is C19H16ClNO3. The number of nitrogens with zero attached hydrogens (tertiary/aromatic N) is 1. The SMILES string of the molecule is CCCOc1ccccc1/C=C1/N=C(c2ccccc2Cl)OC1=O. The smallest absolute Gasteiger partial charge is 0.363 e. The van der Waals surface area contributed by atoms with Gasteiger partial charge in [0, 0.05) is 5.56 Å². The van der Waals surface area contributed by atoms with Crippen LogP contribution in [0, 0.1) is 0 Å². The van der Waals surface area contributed by atoms with Crippen molar-refractivity contribution in [1.29, 1.82) is 0 Å². The van der Waals surface area contributed by atoms with E-state index in [1.807, 2.05) is 37.3 Å². The van der Waals surface area contributed by atoms with Crippen molar-refractivity contribution in [1.82, 2.24) is 0 Å². The van der Waals surface area contributed by atoms with Gasteiger partial charge in [0.05, 0.1) is 17.2 Å². The molecule has 1 aliphatic heterocycles.